The number of carbonyl (C=O) groups excluding carboxylic acids is 1. The number of benzene rings is 2. The fourth-order valence-corrected chi connectivity index (χ4v) is 4.21. The molecule has 0 aromatic heterocycles. The summed E-state index contributed by atoms with van der Waals surface area (Å²) in [5, 5.41) is 0. The van der Waals surface area contributed by atoms with Crippen LogP contribution in [0.4, 0.5) is 5.69 Å². The molecule has 9 nitrogen and oxygen atoms in total. The van der Waals surface area contributed by atoms with Gasteiger partial charge in [-0.2, -0.15) is 0 Å². The molecule has 0 saturated carbocycles. The van der Waals surface area contributed by atoms with Crippen molar-refractivity contribution in [2.45, 2.75) is 4.90 Å². The molecule has 29 heavy (non-hydrogen) atoms. The second-order valence-corrected chi connectivity index (χ2v) is 7.79. The van der Waals surface area contributed by atoms with Crippen LogP contribution in [0, 0.1) is 0 Å². The zero-order valence-corrected chi connectivity index (χ0v) is 17.0. The lowest BCUT2D eigenvalue weighted by Gasteiger charge is -2.26. The lowest BCUT2D eigenvalue weighted by atomic mass is 10.2. The number of esters is 1. The van der Waals surface area contributed by atoms with Crippen LogP contribution in [0.5, 0.6) is 23.0 Å². The Morgan fingerprint density at radius 3 is 2.31 bits per heavy atom. The fourth-order valence-electron chi connectivity index (χ4n) is 2.79. The number of sulfonamides is 1. The van der Waals surface area contributed by atoms with Gasteiger partial charge in [-0.15, -0.1) is 0 Å². The third-order valence-electron chi connectivity index (χ3n) is 4.26. The molecule has 0 bridgehead atoms. The first kappa shape index (κ1) is 20.6. The first-order valence-corrected chi connectivity index (χ1v) is 10.1. The Balaban J connectivity index is 2.07. The third-order valence-corrected chi connectivity index (χ3v) is 6.03. The van der Waals surface area contributed by atoms with Crippen LogP contribution in [0.2, 0.25) is 0 Å². The minimum atomic E-state index is -4.14. The maximum absolute atomic E-state index is 13.4. The SMILES string of the molecule is COC(=O)CN(c1ccc2c(c1)OCCO2)S(=O)(=O)c1ccc(OC)c(OC)c1. The highest BCUT2D eigenvalue weighted by atomic mass is 32.2. The van der Waals surface area contributed by atoms with Gasteiger partial charge in [-0.1, -0.05) is 0 Å². The lowest BCUT2D eigenvalue weighted by molar-refractivity contribution is -0.138. The van der Waals surface area contributed by atoms with Crippen molar-refractivity contribution in [1.82, 2.24) is 0 Å². The molecule has 1 aliphatic rings. The summed E-state index contributed by atoms with van der Waals surface area (Å²) in [6, 6.07) is 8.82. The highest BCUT2D eigenvalue weighted by Crippen LogP contribution is 2.37. The van der Waals surface area contributed by atoms with Crippen molar-refractivity contribution in [2.75, 3.05) is 45.4 Å². The molecule has 1 heterocycles. The number of hydrogen-bond acceptors (Lipinski definition) is 8. The second-order valence-electron chi connectivity index (χ2n) is 5.93. The molecule has 3 rings (SSSR count). The maximum Gasteiger partial charge on any atom is 0.326 e. The molecular weight excluding hydrogens is 402 g/mol. The highest BCUT2D eigenvalue weighted by Gasteiger charge is 2.29. The number of hydrogen-bond donors (Lipinski definition) is 0. The molecular formula is C19H21NO8S. The smallest absolute Gasteiger partial charge is 0.326 e. The Morgan fingerprint density at radius 1 is 0.966 bits per heavy atom. The molecule has 1 aliphatic heterocycles. The Kier molecular flexibility index (Phi) is 6.02. The first-order chi connectivity index (χ1) is 13.9. The summed E-state index contributed by atoms with van der Waals surface area (Å²) >= 11 is 0. The Bertz CT molecular complexity index is 1010. The van der Waals surface area contributed by atoms with E-state index < -0.39 is 22.5 Å². The second kappa shape index (κ2) is 8.48. The Hall–Kier alpha value is -3.14. The molecule has 0 atom stereocenters. The summed E-state index contributed by atoms with van der Waals surface area (Å²) in [6.07, 6.45) is 0. The standard InChI is InChI=1S/C19H21NO8S/c1-24-15-7-5-14(11-17(15)25-2)29(22,23)20(12-19(21)26-3)13-4-6-16-18(10-13)28-9-8-27-16/h4-7,10-11H,8-9,12H2,1-3H3. The van der Waals surface area contributed by atoms with Crippen LogP contribution in [0.1, 0.15) is 0 Å². The minimum Gasteiger partial charge on any atom is -0.493 e. The normalized spacial score (nSPS) is 12.8. The van der Waals surface area contributed by atoms with Gasteiger partial charge in [0.25, 0.3) is 10.0 Å². The van der Waals surface area contributed by atoms with E-state index in [1.807, 2.05) is 0 Å². The summed E-state index contributed by atoms with van der Waals surface area (Å²) in [4.78, 5) is 11.9. The van der Waals surface area contributed by atoms with Gasteiger partial charge in [-0.3, -0.25) is 9.10 Å². The van der Waals surface area contributed by atoms with Gasteiger partial charge < -0.3 is 23.7 Å². The molecule has 0 N–H and O–H groups in total. The fraction of sp³-hybridized carbons (Fsp3) is 0.316. The van der Waals surface area contributed by atoms with E-state index in [0.29, 0.717) is 30.5 Å². The molecule has 0 saturated heterocycles. The van der Waals surface area contributed by atoms with Crippen molar-refractivity contribution in [3.8, 4) is 23.0 Å². The number of anilines is 1. The maximum atomic E-state index is 13.4. The van der Waals surface area contributed by atoms with Crippen LogP contribution in [-0.4, -0.2) is 55.5 Å². The van der Waals surface area contributed by atoms with Crippen molar-refractivity contribution in [1.29, 1.82) is 0 Å². The molecule has 0 unspecified atom stereocenters. The highest BCUT2D eigenvalue weighted by molar-refractivity contribution is 7.92. The summed E-state index contributed by atoms with van der Waals surface area (Å²) in [5.41, 5.74) is 0.231. The van der Waals surface area contributed by atoms with Gasteiger partial charge in [0, 0.05) is 12.1 Å². The van der Waals surface area contributed by atoms with Gasteiger partial charge in [0.1, 0.15) is 19.8 Å². The van der Waals surface area contributed by atoms with Crippen LogP contribution >= 0.6 is 0 Å². The number of fused-ring (bicyclic) bond motifs is 1. The molecule has 2 aromatic carbocycles. The van der Waals surface area contributed by atoms with E-state index in [2.05, 4.69) is 4.74 Å². The van der Waals surface area contributed by atoms with Crippen LogP contribution in [-0.2, 0) is 19.6 Å². The van der Waals surface area contributed by atoms with E-state index >= 15 is 0 Å². The summed E-state index contributed by atoms with van der Waals surface area (Å²) < 4.78 is 53.7. The number of ether oxygens (including phenoxy) is 5. The number of carbonyl (C=O) groups is 1. The molecule has 2 aromatic rings. The molecule has 0 fully saturated rings. The zero-order chi connectivity index (χ0) is 21.0. The average molecular weight is 423 g/mol. The van der Waals surface area contributed by atoms with Crippen LogP contribution < -0.4 is 23.3 Å². The molecule has 156 valence electrons. The minimum absolute atomic E-state index is 0.0751. The van der Waals surface area contributed by atoms with E-state index in [1.54, 1.807) is 6.07 Å². The summed E-state index contributed by atoms with van der Waals surface area (Å²) in [7, 11) is -0.102. The van der Waals surface area contributed by atoms with Gasteiger partial charge in [0.05, 0.1) is 31.9 Å². The van der Waals surface area contributed by atoms with Gasteiger partial charge >= 0.3 is 5.97 Å². The van der Waals surface area contributed by atoms with E-state index in [0.717, 1.165) is 4.31 Å². The largest absolute Gasteiger partial charge is 0.493 e. The van der Waals surface area contributed by atoms with E-state index in [-0.39, 0.29) is 16.3 Å². The Morgan fingerprint density at radius 2 is 1.66 bits per heavy atom. The molecule has 0 spiro atoms. The van der Waals surface area contributed by atoms with Crippen molar-refractivity contribution in [3.63, 3.8) is 0 Å². The first-order valence-electron chi connectivity index (χ1n) is 8.62. The average Bonchev–Trinajstić information content (AvgIpc) is 2.76. The third kappa shape index (κ3) is 4.16. The van der Waals surface area contributed by atoms with Crippen molar-refractivity contribution in [3.05, 3.63) is 36.4 Å². The van der Waals surface area contributed by atoms with Crippen LogP contribution in [0.3, 0.4) is 0 Å². The number of rotatable bonds is 7. The summed E-state index contributed by atoms with van der Waals surface area (Å²) in [6.45, 7) is 0.227. The van der Waals surface area contributed by atoms with Crippen molar-refractivity contribution in [2.24, 2.45) is 0 Å². The van der Waals surface area contributed by atoms with E-state index in [1.165, 1.54) is 51.7 Å². The molecule has 10 heteroatoms. The van der Waals surface area contributed by atoms with Crippen LogP contribution in [0.25, 0.3) is 0 Å². The van der Waals surface area contributed by atoms with Gasteiger partial charge in [-0.05, 0) is 24.3 Å². The number of methoxy groups -OCH3 is 3. The predicted octanol–water partition coefficient (Wildman–Crippen LogP) is 1.84. The molecule has 0 aliphatic carbocycles. The predicted molar refractivity (Wildman–Crippen MR) is 104 cm³/mol. The van der Waals surface area contributed by atoms with Crippen LogP contribution in [0.15, 0.2) is 41.3 Å². The quantitative estimate of drug-likeness (QED) is 0.622. The monoisotopic (exact) mass is 423 g/mol. The lowest BCUT2D eigenvalue weighted by Crippen LogP contribution is -2.36. The molecule has 0 radical (unpaired) electrons. The number of nitrogens with zero attached hydrogens (tertiary/aromatic N) is 1. The topological polar surface area (TPSA) is 101 Å². The Labute approximate surface area is 168 Å². The van der Waals surface area contributed by atoms with E-state index in [4.69, 9.17) is 18.9 Å². The van der Waals surface area contributed by atoms with Gasteiger partial charge in [0.2, 0.25) is 0 Å². The molecule has 0 amide bonds. The van der Waals surface area contributed by atoms with E-state index in [9.17, 15) is 13.2 Å². The van der Waals surface area contributed by atoms with Gasteiger partial charge in [-0.25, -0.2) is 8.42 Å². The van der Waals surface area contributed by atoms with Crippen molar-refractivity contribution >= 4 is 21.7 Å². The van der Waals surface area contributed by atoms with Crippen molar-refractivity contribution < 1.29 is 36.9 Å². The summed E-state index contributed by atoms with van der Waals surface area (Å²) in [5.74, 6) is 0.802. The zero-order valence-electron chi connectivity index (χ0n) is 16.2. The van der Waals surface area contributed by atoms with Gasteiger partial charge in [0.15, 0.2) is 23.0 Å².